The van der Waals surface area contributed by atoms with Crippen molar-refractivity contribution >= 4 is 0 Å². The lowest BCUT2D eigenvalue weighted by molar-refractivity contribution is 0.401. The van der Waals surface area contributed by atoms with Crippen LogP contribution in [0.5, 0.6) is 5.75 Å². The van der Waals surface area contributed by atoms with Crippen molar-refractivity contribution in [2.45, 2.75) is 39.7 Å². The normalized spacial score (nSPS) is 14.6. The second-order valence-electron chi connectivity index (χ2n) is 4.84. The summed E-state index contributed by atoms with van der Waals surface area (Å²) >= 11 is 0. The Morgan fingerprint density at radius 3 is 2.56 bits per heavy atom. The van der Waals surface area contributed by atoms with Gasteiger partial charge >= 0.3 is 0 Å². The standard InChI is InChI=1S/C14H23NO/c1-10-5-6-14(16-4)13(8-10)9-11(2)7-12(3)15/h5-6,8,11-12H,7,9,15H2,1-4H3. The lowest BCUT2D eigenvalue weighted by atomic mass is 9.94. The van der Waals surface area contributed by atoms with Crippen molar-refractivity contribution in [3.8, 4) is 5.75 Å². The summed E-state index contributed by atoms with van der Waals surface area (Å²) in [7, 11) is 1.73. The maximum atomic E-state index is 5.82. The van der Waals surface area contributed by atoms with Crippen LogP contribution >= 0.6 is 0 Å². The number of hydrogen-bond donors (Lipinski definition) is 1. The number of methoxy groups -OCH3 is 1. The second-order valence-corrected chi connectivity index (χ2v) is 4.84. The molecule has 1 aromatic rings. The van der Waals surface area contributed by atoms with Gasteiger partial charge in [0.2, 0.25) is 0 Å². The van der Waals surface area contributed by atoms with E-state index in [0.717, 1.165) is 18.6 Å². The maximum Gasteiger partial charge on any atom is 0.122 e. The lowest BCUT2D eigenvalue weighted by Crippen LogP contribution is -2.19. The van der Waals surface area contributed by atoms with Gasteiger partial charge in [-0.25, -0.2) is 0 Å². The molecular formula is C14H23NO. The topological polar surface area (TPSA) is 35.2 Å². The van der Waals surface area contributed by atoms with Crippen molar-refractivity contribution in [1.29, 1.82) is 0 Å². The first-order valence-corrected chi connectivity index (χ1v) is 5.92. The first-order chi connectivity index (χ1) is 7.52. The number of aryl methyl sites for hydroxylation is 1. The predicted octanol–water partition coefficient (Wildman–Crippen LogP) is 2.92. The number of ether oxygens (including phenoxy) is 1. The molecule has 16 heavy (non-hydrogen) atoms. The van der Waals surface area contributed by atoms with E-state index in [2.05, 4.69) is 32.9 Å². The summed E-state index contributed by atoms with van der Waals surface area (Å²) in [5.74, 6) is 1.58. The summed E-state index contributed by atoms with van der Waals surface area (Å²) < 4.78 is 5.37. The van der Waals surface area contributed by atoms with Crippen LogP contribution in [0.15, 0.2) is 18.2 Å². The number of nitrogens with two attached hydrogens (primary N) is 1. The molecule has 90 valence electrons. The summed E-state index contributed by atoms with van der Waals surface area (Å²) in [4.78, 5) is 0. The van der Waals surface area contributed by atoms with Gasteiger partial charge in [0.05, 0.1) is 7.11 Å². The number of rotatable bonds is 5. The molecule has 0 saturated heterocycles. The van der Waals surface area contributed by atoms with Crippen molar-refractivity contribution in [1.82, 2.24) is 0 Å². The fraction of sp³-hybridized carbons (Fsp3) is 0.571. The highest BCUT2D eigenvalue weighted by Gasteiger charge is 2.10. The van der Waals surface area contributed by atoms with Gasteiger partial charge in [-0.2, -0.15) is 0 Å². The summed E-state index contributed by atoms with van der Waals surface area (Å²) in [6.45, 7) is 6.41. The average molecular weight is 221 g/mol. The van der Waals surface area contributed by atoms with Crippen LogP contribution in [0.1, 0.15) is 31.4 Å². The van der Waals surface area contributed by atoms with Gasteiger partial charge < -0.3 is 10.5 Å². The highest BCUT2D eigenvalue weighted by atomic mass is 16.5. The molecule has 0 amide bonds. The van der Waals surface area contributed by atoms with Crippen LogP contribution in [-0.2, 0) is 6.42 Å². The zero-order valence-corrected chi connectivity index (χ0v) is 10.8. The summed E-state index contributed by atoms with van der Waals surface area (Å²) in [5, 5.41) is 0. The largest absolute Gasteiger partial charge is 0.496 e. The van der Waals surface area contributed by atoms with Crippen molar-refractivity contribution in [2.24, 2.45) is 11.7 Å². The minimum atomic E-state index is 0.269. The molecule has 1 aromatic carbocycles. The Balaban J connectivity index is 2.74. The van der Waals surface area contributed by atoms with Crippen molar-refractivity contribution in [2.75, 3.05) is 7.11 Å². The van der Waals surface area contributed by atoms with Gasteiger partial charge in [0.15, 0.2) is 0 Å². The van der Waals surface area contributed by atoms with Crippen LogP contribution in [-0.4, -0.2) is 13.2 Å². The zero-order valence-electron chi connectivity index (χ0n) is 10.8. The van der Waals surface area contributed by atoms with Gasteiger partial charge in [0.25, 0.3) is 0 Å². The van der Waals surface area contributed by atoms with Crippen molar-refractivity contribution < 1.29 is 4.74 Å². The van der Waals surface area contributed by atoms with E-state index in [9.17, 15) is 0 Å². The third-order valence-corrected chi connectivity index (χ3v) is 2.78. The molecule has 0 aliphatic heterocycles. The Bertz CT molecular complexity index is 334. The van der Waals surface area contributed by atoms with E-state index in [1.54, 1.807) is 7.11 Å². The molecule has 0 aromatic heterocycles. The quantitative estimate of drug-likeness (QED) is 0.829. The smallest absolute Gasteiger partial charge is 0.122 e. The molecule has 2 heteroatoms. The molecule has 2 N–H and O–H groups in total. The molecule has 0 radical (unpaired) electrons. The Labute approximate surface area is 98.8 Å². The molecular weight excluding hydrogens is 198 g/mol. The first kappa shape index (κ1) is 13.0. The summed E-state index contributed by atoms with van der Waals surface area (Å²) in [6.07, 6.45) is 2.09. The van der Waals surface area contributed by atoms with Gasteiger partial charge in [0, 0.05) is 6.04 Å². The van der Waals surface area contributed by atoms with E-state index in [1.165, 1.54) is 11.1 Å². The summed E-state index contributed by atoms with van der Waals surface area (Å²) in [6, 6.07) is 6.60. The molecule has 2 atom stereocenters. The Morgan fingerprint density at radius 2 is 2.00 bits per heavy atom. The van der Waals surface area contributed by atoms with Gasteiger partial charge in [-0.05, 0) is 44.2 Å². The van der Waals surface area contributed by atoms with E-state index in [-0.39, 0.29) is 6.04 Å². The molecule has 1 rings (SSSR count). The SMILES string of the molecule is COc1ccc(C)cc1CC(C)CC(C)N. The molecule has 0 aliphatic carbocycles. The zero-order chi connectivity index (χ0) is 12.1. The fourth-order valence-electron chi connectivity index (χ4n) is 2.16. The maximum absolute atomic E-state index is 5.82. The average Bonchev–Trinajstić information content (AvgIpc) is 2.16. The molecule has 0 fully saturated rings. The van der Waals surface area contributed by atoms with E-state index in [1.807, 2.05) is 6.07 Å². The molecule has 0 aliphatic rings. The minimum absolute atomic E-state index is 0.269. The van der Waals surface area contributed by atoms with E-state index in [0.29, 0.717) is 5.92 Å². The highest BCUT2D eigenvalue weighted by molar-refractivity contribution is 5.37. The van der Waals surface area contributed by atoms with Gasteiger partial charge in [0.1, 0.15) is 5.75 Å². The van der Waals surface area contributed by atoms with Gasteiger partial charge in [-0.15, -0.1) is 0 Å². The van der Waals surface area contributed by atoms with Crippen LogP contribution < -0.4 is 10.5 Å². The van der Waals surface area contributed by atoms with Crippen LogP contribution in [0.25, 0.3) is 0 Å². The highest BCUT2D eigenvalue weighted by Crippen LogP contribution is 2.24. The van der Waals surface area contributed by atoms with Gasteiger partial charge in [-0.1, -0.05) is 24.6 Å². The monoisotopic (exact) mass is 221 g/mol. The van der Waals surface area contributed by atoms with Crippen LogP contribution in [0, 0.1) is 12.8 Å². The van der Waals surface area contributed by atoms with E-state index < -0.39 is 0 Å². The lowest BCUT2D eigenvalue weighted by Gasteiger charge is -2.16. The third-order valence-electron chi connectivity index (χ3n) is 2.78. The summed E-state index contributed by atoms with van der Waals surface area (Å²) in [5.41, 5.74) is 8.39. The molecule has 2 nitrogen and oxygen atoms in total. The second kappa shape index (κ2) is 5.90. The van der Waals surface area contributed by atoms with Crippen LogP contribution in [0.3, 0.4) is 0 Å². The predicted molar refractivity (Wildman–Crippen MR) is 68.9 cm³/mol. The minimum Gasteiger partial charge on any atom is -0.496 e. The van der Waals surface area contributed by atoms with Crippen molar-refractivity contribution in [3.05, 3.63) is 29.3 Å². The molecule has 0 bridgehead atoms. The van der Waals surface area contributed by atoms with Crippen molar-refractivity contribution in [3.63, 3.8) is 0 Å². The molecule has 0 heterocycles. The van der Waals surface area contributed by atoms with Crippen LogP contribution in [0.4, 0.5) is 0 Å². The Morgan fingerprint density at radius 1 is 1.31 bits per heavy atom. The number of benzene rings is 1. The Hall–Kier alpha value is -1.02. The fourth-order valence-corrected chi connectivity index (χ4v) is 2.16. The molecule has 0 spiro atoms. The first-order valence-electron chi connectivity index (χ1n) is 5.92. The molecule has 2 unspecified atom stereocenters. The Kier molecular flexibility index (Phi) is 4.81. The van der Waals surface area contributed by atoms with E-state index in [4.69, 9.17) is 10.5 Å². The van der Waals surface area contributed by atoms with E-state index >= 15 is 0 Å². The molecule has 0 saturated carbocycles. The van der Waals surface area contributed by atoms with Crippen LogP contribution in [0.2, 0.25) is 0 Å². The third kappa shape index (κ3) is 3.86. The number of hydrogen-bond acceptors (Lipinski definition) is 2. The van der Waals surface area contributed by atoms with Gasteiger partial charge in [-0.3, -0.25) is 0 Å².